The normalized spacial score (nSPS) is 11.0. The van der Waals surface area contributed by atoms with Gasteiger partial charge in [-0.1, -0.05) is 29.0 Å². The van der Waals surface area contributed by atoms with Crippen LogP contribution in [0.15, 0.2) is 24.3 Å². The fourth-order valence-corrected chi connectivity index (χ4v) is 2.92. The van der Waals surface area contributed by atoms with Gasteiger partial charge in [-0.3, -0.25) is 25.0 Å². The first-order chi connectivity index (χ1) is 12.1. The highest BCUT2D eigenvalue weighted by Gasteiger charge is 2.31. The number of nitrogens with zero attached hydrogens (tertiary/aromatic N) is 2. The number of hydrogen-bond donors (Lipinski definition) is 2. The molecule has 2 rings (SSSR count). The Labute approximate surface area is 156 Å². The zero-order chi connectivity index (χ0) is 19.5. The van der Waals surface area contributed by atoms with Gasteiger partial charge in [0.05, 0.1) is 23.1 Å². The minimum atomic E-state index is -1.37. The van der Waals surface area contributed by atoms with Crippen molar-refractivity contribution in [1.29, 1.82) is 0 Å². The van der Waals surface area contributed by atoms with E-state index < -0.39 is 22.4 Å². The fourth-order valence-electron chi connectivity index (χ4n) is 1.89. The quantitative estimate of drug-likeness (QED) is 0.539. The van der Waals surface area contributed by atoms with Crippen molar-refractivity contribution in [3.8, 4) is 5.75 Å². The van der Waals surface area contributed by atoms with Crippen molar-refractivity contribution in [1.82, 2.24) is 4.98 Å². The Morgan fingerprint density at radius 3 is 2.77 bits per heavy atom. The number of rotatable bonds is 7. The monoisotopic (exact) mass is 399 g/mol. The number of benzene rings is 1. The Bertz CT molecular complexity index is 867. The number of non-ortho nitro benzene ring substituents is 1. The summed E-state index contributed by atoms with van der Waals surface area (Å²) >= 11 is 6.84. The number of halogens is 1. The summed E-state index contributed by atoms with van der Waals surface area (Å²) < 4.78 is 5.73. The van der Waals surface area contributed by atoms with E-state index in [2.05, 4.69) is 10.3 Å². The second-order valence-electron chi connectivity index (χ2n) is 5.63. The molecular weight excluding hydrogens is 386 g/mol. The second-order valence-corrected chi connectivity index (χ2v) is 7.23. The zero-order valence-corrected chi connectivity index (χ0v) is 15.3. The van der Waals surface area contributed by atoms with Gasteiger partial charge in [-0.15, -0.1) is 0 Å². The number of aromatic nitrogens is 1. The average molecular weight is 400 g/mol. The number of anilines is 1. The van der Waals surface area contributed by atoms with E-state index in [1.807, 2.05) is 0 Å². The topological polar surface area (TPSA) is 132 Å². The predicted octanol–water partition coefficient (Wildman–Crippen LogP) is 3.13. The lowest BCUT2D eigenvalue weighted by Gasteiger charge is -2.24. The van der Waals surface area contributed by atoms with Gasteiger partial charge in [-0.25, -0.2) is 4.98 Å². The Kier molecular flexibility index (Phi) is 5.78. The van der Waals surface area contributed by atoms with Crippen molar-refractivity contribution in [3.05, 3.63) is 44.4 Å². The van der Waals surface area contributed by atoms with E-state index in [-0.39, 0.29) is 33.0 Å². The van der Waals surface area contributed by atoms with Crippen LogP contribution in [-0.2, 0) is 16.0 Å². The molecule has 138 valence electrons. The molecule has 9 nitrogen and oxygen atoms in total. The van der Waals surface area contributed by atoms with Gasteiger partial charge in [0.25, 0.3) is 11.6 Å². The van der Waals surface area contributed by atoms with Crippen LogP contribution in [0.2, 0.25) is 4.34 Å². The smallest absolute Gasteiger partial charge is 0.309 e. The van der Waals surface area contributed by atoms with E-state index in [1.54, 1.807) is 0 Å². The van der Waals surface area contributed by atoms with Crippen molar-refractivity contribution in [2.45, 2.75) is 25.9 Å². The van der Waals surface area contributed by atoms with Gasteiger partial charge in [0.15, 0.2) is 10.7 Å². The van der Waals surface area contributed by atoms with Crippen LogP contribution in [0.3, 0.4) is 0 Å². The first-order valence-electron chi connectivity index (χ1n) is 7.20. The standard InChI is InChI=1S/C15H14ClN3O6S/c1-15(2,25-9-5-3-4-8(6-9)19(23)24)13(22)18-14-17-10(7-11(20)21)12(16)26-14/h3-6H,7H2,1-2H3,(H,20,21)(H,17,18,22). The molecule has 0 aliphatic carbocycles. The molecule has 0 saturated carbocycles. The molecule has 2 aromatic rings. The summed E-state index contributed by atoms with van der Waals surface area (Å²) in [7, 11) is 0. The number of carboxylic acid groups (broad SMARTS) is 1. The fraction of sp³-hybridized carbons (Fsp3) is 0.267. The number of nitro groups is 1. The number of carbonyl (C=O) groups excluding carboxylic acids is 1. The first kappa shape index (κ1) is 19.6. The van der Waals surface area contributed by atoms with Crippen molar-refractivity contribution in [3.63, 3.8) is 0 Å². The van der Waals surface area contributed by atoms with Gasteiger partial charge in [0, 0.05) is 6.07 Å². The molecule has 1 aromatic carbocycles. The summed E-state index contributed by atoms with van der Waals surface area (Å²) in [6.07, 6.45) is -0.362. The summed E-state index contributed by atoms with van der Waals surface area (Å²) in [5.41, 5.74) is -1.39. The molecule has 1 aromatic heterocycles. The van der Waals surface area contributed by atoms with Crippen LogP contribution in [0.5, 0.6) is 5.75 Å². The first-order valence-corrected chi connectivity index (χ1v) is 8.40. The Morgan fingerprint density at radius 2 is 2.15 bits per heavy atom. The lowest BCUT2D eigenvalue weighted by atomic mass is 10.1. The van der Waals surface area contributed by atoms with E-state index >= 15 is 0 Å². The number of nitro benzene ring substituents is 1. The molecule has 1 heterocycles. The van der Waals surface area contributed by atoms with Crippen molar-refractivity contribution in [2.75, 3.05) is 5.32 Å². The van der Waals surface area contributed by atoms with E-state index in [9.17, 15) is 19.7 Å². The Morgan fingerprint density at radius 1 is 1.46 bits per heavy atom. The molecule has 2 N–H and O–H groups in total. The van der Waals surface area contributed by atoms with Gasteiger partial charge in [-0.05, 0) is 19.9 Å². The highest BCUT2D eigenvalue weighted by molar-refractivity contribution is 7.19. The largest absolute Gasteiger partial charge is 0.481 e. The SMILES string of the molecule is CC(C)(Oc1cccc([N+](=O)[O-])c1)C(=O)Nc1nc(CC(=O)O)c(Cl)s1. The number of ether oxygens (including phenoxy) is 1. The van der Waals surface area contributed by atoms with Crippen LogP contribution >= 0.6 is 22.9 Å². The molecule has 26 heavy (non-hydrogen) atoms. The second kappa shape index (κ2) is 7.67. The van der Waals surface area contributed by atoms with Crippen LogP contribution in [0, 0.1) is 10.1 Å². The summed E-state index contributed by atoms with van der Waals surface area (Å²) in [4.78, 5) is 37.4. The number of thiazole rings is 1. The predicted molar refractivity (Wildman–Crippen MR) is 94.9 cm³/mol. The van der Waals surface area contributed by atoms with Crippen LogP contribution in [0.1, 0.15) is 19.5 Å². The third-order valence-corrected chi connectivity index (χ3v) is 4.39. The van der Waals surface area contributed by atoms with Gasteiger partial charge in [0.1, 0.15) is 10.1 Å². The van der Waals surface area contributed by atoms with Crippen molar-refractivity contribution < 1.29 is 24.4 Å². The highest BCUT2D eigenvalue weighted by Crippen LogP contribution is 2.30. The van der Waals surface area contributed by atoms with Crippen molar-refractivity contribution in [2.24, 2.45) is 0 Å². The summed E-state index contributed by atoms with van der Waals surface area (Å²) in [5, 5.41) is 22.2. The van der Waals surface area contributed by atoms with Gasteiger partial charge in [0.2, 0.25) is 0 Å². The maximum atomic E-state index is 12.4. The summed E-state index contributed by atoms with van der Waals surface area (Å²) in [6, 6.07) is 5.45. The zero-order valence-electron chi connectivity index (χ0n) is 13.7. The average Bonchev–Trinajstić information content (AvgIpc) is 2.85. The molecule has 0 saturated heterocycles. The maximum absolute atomic E-state index is 12.4. The number of carbonyl (C=O) groups is 2. The molecule has 0 aliphatic heterocycles. The van der Waals surface area contributed by atoms with E-state index in [1.165, 1.54) is 38.1 Å². The van der Waals surface area contributed by atoms with Crippen LogP contribution in [0.25, 0.3) is 0 Å². The minimum Gasteiger partial charge on any atom is -0.481 e. The van der Waals surface area contributed by atoms with Gasteiger partial charge < -0.3 is 9.84 Å². The highest BCUT2D eigenvalue weighted by atomic mass is 35.5. The lowest BCUT2D eigenvalue weighted by molar-refractivity contribution is -0.385. The molecule has 1 amide bonds. The molecule has 0 fully saturated rings. The molecule has 0 bridgehead atoms. The molecule has 0 aliphatic rings. The third kappa shape index (κ3) is 4.90. The third-order valence-electron chi connectivity index (χ3n) is 3.14. The van der Waals surface area contributed by atoms with Crippen molar-refractivity contribution >= 4 is 45.6 Å². The molecule has 11 heteroatoms. The number of amides is 1. The summed E-state index contributed by atoms with van der Waals surface area (Å²) in [6.45, 7) is 2.96. The lowest BCUT2D eigenvalue weighted by Crippen LogP contribution is -2.42. The van der Waals surface area contributed by atoms with E-state index in [0.29, 0.717) is 0 Å². The number of aliphatic carboxylic acids is 1. The van der Waals surface area contributed by atoms with Gasteiger partial charge in [-0.2, -0.15) is 0 Å². The Balaban J connectivity index is 2.11. The van der Waals surface area contributed by atoms with E-state index in [4.69, 9.17) is 21.4 Å². The maximum Gasteiger partial charge on any atom is 0.309 e. The number of nitrogens with one attached hydrogen (secondary N) is 1. The summed E-state index contributed by atoms with van der Waals surface area (Å²) in [5.74, 6) is -1.51. The minimum absolute atomic E-state index is 0.131. The van der Waals surface area contributed by atoms with Crippen LogP contribution in [-0.4, -0.2) is 32.5 Å². The number of carboxylic acids is 1. The van der Waals surface area contributed by atoms with Gasteiger partial charge >= 0.3 is 5.97 Å². The molecule has 0 spiro atoms. The number of hydrogen-bond acceptors (Lipinski definition) is 7. The van der Waals surface area contributed by atoms with Crippen LogP contribution < -0.4 is 10.1 Å². The molecule has 0 unspecified atom stereocenters. The van der Waals surface area contributed by atoms with E-state index in [0.717, 1.165) is 11.3 Å². The van der Waals surface area contributed by atoms with Crippen LogP contribution in [0.4, 0.5) is 10.8 Å². The molecule has 0 atom stereocenters. The molecule has 0 radical (unpaired) electrons. The Hall–Kier alpha value is -2.72. The molecular formula is C15H14ClN3O6S.